The lowest BCUT2D eigenvalue weighted by atomic mass is 9.99. The lowest BCUT2D eigenvalue weighted by molar-refractivity contribution is -0.00000248. The molecule has 2 heteroatoms. The van der Waals surface area contributed by atoms with Gasteiger partial charge in [-0.15, -0.1) is 4.67 Å². The van der Waals surface area contributed by atoms with E-state index in [4.69, 9.17) is 0 Å². The third-order valence-electron chi connectivity index (χ3n) is 0.750. The molecule has 60 valence electrons. The average Bonchev–Trinajstić information content (AvgIpc) is 1.63. The molecule has 0 aliphatic rings. The Morgan fingerprint density at radius 2 is 1.80 bits per heavy atom. The van der Waals surface area contributed by atoms with Gasteiger partial charge in [-0.25, -0.2) is 0 Å². The number of halogens is 1. The van der Waals surface area contributed by atoms with E-state index in [1.54, 1.807) is 0 Å². The minimum absolute atomic E-state index is 0. The van der Waals surface area contributed by atoms with Gasteiger partial charge in [0.15, 0.2) is 0 Å². The van der Waals surface area contributed by atoms with Gasteiger partial charge in [0, 0.05) is 6.42 Å². The van der Waals surface area contributed by atoms with Gasteiger partial charge in [0.2, 0.25) is 0 Å². The van der Waals surface area contributed by atoms with E-state index in [1.807, 2.05) is 12.4 Å². The highest BCUT2D eigenvalue weighted by molar-refractivity contribution is 5.69. The van der Waals surface area contributed by atoms with E-state index in [-0.39, 0.29) is 17.8 Å². The molecule has 0 aromatic rings. The number of hydrogen-bond donors (Lipinski definition) is 0. The third-order valence-corrected chi connectivity index (χ3v) is 0.750. The van der Waals surface area contributed by atoms with Crippen LogP contribution in [0.5, 0.6) is 0 Å². The van der Waals surface area contributed by atoms with E-state index in [2.05, 4.69) is 32.4 Å². The van der Waals surface area contributed by atoms with Crippen molar-refractivity contribution >= 4 is 12.4 Å². The van der Waals surface area contributed by atoms with Crippen LogP contribution in [0.1, 0.15) is 34.1 Å². The molecule has 0 amide bonds. The van der Waals surface area contributed by atoms with Gasteiger partial charge in [-0.2, -0.15) is 0 Å². The molecule has 0 aliphatic carbocycles. The first kappa shape index (κ1) is 12.4. The van der Waals surface area contributed by atoms with E-state index in [9.17, 15) is 0 Å². The maximum Gasteiger partial charge on any atom is 0.273 e. The van der Waals surface area contributed by atoms with Crippen LogP contribution in [0.3, 0.4) is 0 Å². The van der Waals surface area contributed by atoms with Gasteiger partial charge in [0.25, 0.3) is 12.4 Å². The molecular formula is C8H16ClN. The van der Waals surface area contributed by atoms with Crippen molar-refractivity contribution in [2.24, 2.45) is 5.41 Å². The zero-order valence-corrected chi connectivity index (χ0v) is 7.94. The van der Waals surface area contributed by atoms with E-state index >= 15 is 0 Å². The predicted octanol–water partition coefficient (Wildman–Crippen LogP) is -1.34. The molecule has 0 aromatic heterocycles. The fourth-order valence-electron chi connectivity index (χ4n) is 0.382. The number of rotatable bonds is 1. The molecule has 0 radical (unpaired) electrons. The van der Waals surface area contributed by atoms with Crippen LogP contribution in [0.2, 0.25) is 0 Å². The molecule has 0 saturated carbocycles. The second kappa shape index (κ2) is 5.52. The van der Waals surface area contributed by atoms with Crippen LogP contribution >= 0.6 is 0 Å². The first-order valence-electron chi connectivity index (χ1n) is 3.42. The van der Waals surface area contributed by atoms with Gasteiger partial charge in [-0.05, 0) is 20.8 Å². The molecule has 0 spiro atoms. The van der Waals surface area contributed by atoms with Crippen molar-refractivity contribution in [3.05, 3.63) is 0 Å². The average molecular weight is 162 g/mol. The molecule has 0 heterocycles. The summed E-state index contributed by atoms with van der Waals surface area (Å²) < 4.78 is 4.11. The Bertz CT molecular complexity index is 127. The topological polar surface area (TPSA) is 14.1 Å². The van der Waals surface area contributed by atoms with Crippen LogP contribution in [-0.2, 0) is 0 Å². The summed E-state index contributed by atoms with van der Waals surface area (Å²) in [4.78, 5) is 0. The van der Waals surface area contributed by atoms with Gasteiger partial charge in [0.05, 0.1) is 5.41 Å². The van der Waals surface area contributed by atoms with Crippen molar-refractivity contribution in [2.75, 3.05) is 0 Å². The van der Waals surface area contributed by atoms with Crippen LogP contribution in [0.15, 0.2) is 0 Å². The Hall–Kier alpha value is -0.260. The van der Waals surface area contributed by atoms with Gasteiger partial charge in [0.1, 0.15) is 0 Å². The molecule has 1 nitrogen and oxygen atoms in total. The molecule has 0 aromatic carbocycles. The maximum atomic E-state index is 4.11. The predicted molar refractivity (Wildman–Crippen MR) is 44.0 cm³/mol. The van der Waals surface area contributed by atoms with Crippen LogP contribution < -0.4 is 17.1 Å². The highest BCUT2D eigenvalue weighted by Gasteiger charge is 2.10. The van der Waals surface area contributed by atoms with Crippen LogP contribution in [-0.4, -0.2) is 12.4 Å². The standard InChI is InChI=1S/C8H16N.ClH/c1-5-6-9-7-8(2,3)4;/h6-7H,5H2,1-4H3;1H/q+1;/p-1. The Kier molecular flexibility index (Phi) is 6.85. The number of hydrogen-bond acceptors (Lipinski definition) is 0. The van der Waals surface area contributed by atoms with Gasteiger partial charge >= 0.3 is 0 Å². The highest BCUT2D eigenvalue weighted by atomic mass is 35.5. The Morgan fingerprint density at radius 3 is 2.10 bits per heavy atom. The van der Waals surface area contributed by atoms with Crippen molar-refractivity contribution in [3.63, 3.8) is 0 Å². The Morgan fingerprint density at radius 1 is 1.30 bits per heavy atom. The summed E-state index contributed by atoms with van der Waals surface area (Å²) >= 11 is 0. The minimum atomic E-state index is 0. The summed E-state index contributed by atoms with van der Waals surface area (Å²) in [5.41, 5.74) is 0.228. The molecule has 0 saturated heterocycles. The monoisotopic (exact) mass is 161 g/mol. The Labute approximate surface area is 69.7 Å². The smallest absolute Gasteiger partial charge is 0.273 e. The van der Waals surface area contributed by atoms with E-state index in [0.29, 0.717) is 0 Å². The SMILES string of the molecule is CCC=[N+]=CC(C)(C)C.[Cl-]. The lowest BCUT2D eigenvalue weighted by Gasteiger charge is -1.99. The van der Waals surface area contributed by atoms with E-state index in [1.165, 1.54) is 0 Å². The molecule has 0 fully saturated rings. The van der Waals surface area contributed by atoms with Gasteiger partial charge in [-0.3, -0.25) is 0 Å². The quantitative estimate of drug-likeness (QED) is 0.334. The first-order valence-corrected chi connectivity index (χ1v) is 3.42. The summed E-state index contributed by atoms with van der Waals surface area (Å²) in [6, 6.07) is 0. The van der Waals surface area contributed by atoms with Crippen LogP contribution in [0.25, 0.3) is 0 Å². The summed E-state index contributed by atoms with van der Waals surface area (Å²) in [6.07, 6.45) is 4.91. The zero-order chi connectivity index (χ0) is 7.33. The molecule has 0 N–H and O–H groups in total. The normalized spacial score (nSPS) is 9.20. The molecule has 10 heavy (non-hydrogen) atoms. The van der Waals surface area contributed by atoms with Gasteiger partial charge in [-0.1, -0.05) is 6.92 Å². The summed E-state index contributed by atoms with van der Waals surface area (Å²) in [6.45, 7) is 8.50. The minimum Gasteiger partial charge on any atom is -1.00 e. The van der Waals surface area contributed by atoms with Crippen molar-refractivity contribution in [1.29, 1.82) is 0 Å². The summed E-state index contributed by atoms with van der Waals surface area (Å²) in [7, 11) is 0. The molecule has 0 rings (SSSR count). The van der Waals surface area contributed by atoms with Crippen molar-refractivity contribution < 1.29 is 12.4 Å². The largest absolute Gasteiger partial charge is 1.00 e. The lowest BCUT2D eigenvalue weighted by Crippen LogP contribution is -3.00. The molecular weight excluding hydrogens is 146 g/mol. The highest BCUT2D eigenvalue weighted by Crippen LogP contribution is 2.05. The molecule has 0 unspecified atom stereocenters. The second-order valence-corrected chi connectivity index (χ2v) is 3.24. The van der Waals surface area contributed by atoms with Gasteiger partial charge < -0.3 is 12.4 Å². The summed E-state index contributed by atoms with van der Waals surface area (Å²) in [5, 5.41) is 0. The van der Waals surface area contributed by atoms with Crippen molar-refractivity contribution in [3.8, 4) is 0 Å². The second-order valence-electron chi connectivity index (χ2n) is 3.24. The van der Waals surface area contributed by atoms with E-state index in [0.717, 1.165) is 6.42 Å². The van der Waals surface area contributed by atoms with Crippen LogP contribution in [0.4, 0.5) is 0 Å². The van der Waals surface area contributed by atoms with Crippen molar-refractivity contribution in [2.45, 2.75) is 34.1 Å². The molecule has 0 bridgehead atoms. The first-order chi connectivity index (χ1) is 4.06. The van der Waals surface area contributed by atoms with Crippen molar-refractivity contribution in [1.82, 2.24) is 4.67 Å². The molecule has 0 aliphatic heterocycles. The zero-order valence-electron chi connectivity index (χ0n) is 7.19. The fraction of sp³-hybridized carbons (Fsp3) is 0.750. The Balaban J connectivity index is 0. The molecule has 0 atom stereocenters. The number of nitrogens with zero attached hydrogens (tertiary/aromatic N) is 1. The summed E-state index contributed by atoms with van der Waals surface area (Å²) in [5.74, 6) is 0. The third kappa shape index (κ3) is 10.7. The van der Waals surface area contributed by atoms with E-state index < -0.39 is 0 Å². The fourth-order valence-corrected chi connectivity index (χ4v) is 0.382. The van der Waals surface area contributed by atoms with Crippen LogP contribution in [0, 0.1) is 5.41 Å². The maximum absolute atomic E-state index is 4.11.